The second-order valence-electron chi connectivity index (χ2n) is 11.2. The Morgan fingerprint density at radius 3 is 2.20 bits per heavy atom. The lowest BCUT2D eigenvalue weighted by molar-refractivity contribution is -0.143. The number of carbonyl (C=O) groups excluding carboxylic acids is 1. The van der Waals surface area contributed by atoms with Crippen LogP contribution >= 0.6 is 22.6 Å². The highest BCUT2D eigenvalue weighted by Crippen LogP contribution is 2.47. The van der Waals surface area contributed by atoms with E-state index in [-0.39, 0.29) is 23.6 Å². The SMILES string of the molecule is COc1cc(C)c(I)cc1C1=C(CN2C(=O)O[C@H](c3cc(C(F)(F)F)cc(C(F)(F)F)c3)[C@@H]2C)CC(C)(C)CC1. The lowest BCUT2D eigenvalue weighted by Gasteiger charge is -2.36. The standard InChI is InChI=1S/C29H30F6INO3/c1-15-8-24(39-5)22(12-23(15)36)21-6-7-27(3,4)13-18(21)14-37-16(2)25(40-26(37)38)17-9-19(28(30,31)32)11-20(10-17)29(33,34)35/h8-12,16,25H,6-7,13-14H2,1-5H3/t16-,25-/m0/s1. The van der Waals surface area contributed by atoms with Crippen molar-refractivity contribution < 1.29 is 40.6 Å². The van der Waals surface area contributed by atoms with Gasteiger partial charge in [0.25, 0.3) is 0 Å². The van der Waals surface area contributed by atoms with Crippen molar-refractivity contribution in [2.45, 2.75) is 71.5 Å². The zero-order valence-corrected chi connectivity index (χ0v) is 24.8. The minimum Gasteiger partial charge on any atom is -0.496 e. The van der Waals surface area contributed by atoms with Crippen molar-refractivity contribution in [1.82, 2.24) is 4.90 Å². The first-order chi connectivity index (χ1) is 18.4. The Morgan fingerprint density at radius 2 is 1.65 bits per heavy atom. The number of rotatable bonds is 5. The minimum absolute atomic E-state index is 0.0697. The predicted octanol–water partition coefficient (Wildman–Crippen LogP) is 9.19. The van der Waals surface area contributed by atoms with Crippen LogP contribution in [0.15, 0.2) is 35.9 Å². The number of aryl methyl sites for hydroxylation is 1. The number of benzene rings is 2. The third-order valence-electron chi connectivity index (χ3n) is 7.67. The highest BCUT2D eigenvalue weighted by molar-refractivity contribution is 14.1. The molecule has 2 aromatic carbocycles. The van der Waals surface area contributed by atoms with Gasteiger partial charge in [0.05, 0.1) is 24.3 Å². The summed E-state index contributed by atoms with van der Waals surface area (Å²) in [5.41, 5.74) is 0.635. The molecule has 218 valence electrons. The average molecular weight is 681 g/mol. The van der Waals surface area contributed by atoms with Crippen LogP contribution < -0.4 is 4.74 Å². The molecule has 1 aliphatic heterocycles. The molecule has 0 aromatic heterocycles. The fraction of sp³-hybridized carbons (Fsp3) is 0.483. The van der Waals surface area contributed by atoms with Gasteiger partial charge in [-0.25, -0.2) is 4.79 Å². The Bertz CT molecular complexity index is 1320. The van der Waals surface area contributed by atoms with Crippen LogP contribution in [0.3, 0.4) is 0 Å². The summed E-state index contributed by atoms with van der Waals surface area (Å²) in [4.78, 5) is 14.4. The Hall–Kier alpha value is -2.44. The molecule has 1 amide bonds. The number of amides is 1. The first-order valence-electron chi connectivity index (χ1n) is 12.7. The Labute approximate surface area is 242 Å². The maximum Gasteiger partial charge on any atom is 0.416 e. The van der Waals surface area contributed by atoms with Crippen LogP contribution in [0.2, 0.25) is 0 Å². The lowest BCUT2D eigenvalue weighted by Crippen LogP contribution is -2.35. The Kier molecular flexibility index (Phi) is 8.21. The summed E-state index contributed by atoms with van der Waals surface area (Å²) in [5, 5.41) is 0. The van der Waals surface area contributed by atoms with E-state index in [2.05, 4.69) is 36.4 Å². The number of cyclic esters (lactones) is 1. The highest BCUT2D eigenvalue weighted by atomic mass is 127. The largest absolute Gasteiger partial charge is 0.496 e. The summed E-state index contributed by atoms with van der Waals surface area (Å²) in [7, 11) is 1.59. The van der Waals surface area contributed by atoms with Gasteiger partial charge in [0.1, 0.15) is 11.9 Å². The molecule has 4 nitrogen and oxygen atoms in total. The normalized spacial score (nSPS) is 21.6. The molecule has 4 rings (SSSR count). The number of nitrogens with zero attached hydrogens (tertiary/aromatic N) is 1. The van der Waals surface area contributed by atoms with Crippen molar-refractivity contribution in [3.8, 4) is 5.75 Å². The first kappa shape index (κ1) is 30.5. The van der Waals surface area contributed by atoms with Gasteiger partial charge in [-0.2, -0.15) is 26.3 Å². The summed E-state index contributed by atoms with van der Waals surface area (Å²) in [5.74, 6) is 0.698. The molecule has 2 atom stereocenters. The number of ether oxygens (including phenoxy) is 2. The summed E-state index contributed by atoms with van der Waals surface area (Å²) in [6, 6.07) is 4.51. The van der Waals surface area contributed by atoms with Gasteiger partial charge in [0, 0.05) is 15.7 Å². The van der Waals surface area contributed by atoms with Crippen molar-refractivity contribution in [1.29, 1.82) is 0 Å². The molecule has 2 aromatic rings. The predicted molar refractivity (Wildman–Crippen MR) is 147 cm³/mol. The van der Waals surface area contributed by atoms with E-state index < -0.39 is 41.7 Å². The monoisotopic (exact) mass is 681 g/mol. The van der Waals surface area contributed by atoms with Crippen LogP contribution in [0.4, 0.5) is 31.1 Å². The van der Waals surface area contributed by atoms with E-state index in [1.807, 2.05) is 19.1 Å². The van der Waals surface area contributed by atoms with Crippen LogP contribution in [-0.4, -0.2) is 30.7 Å². The van der Waals surface area contributed by atoms with Gasteiger partial charge >= 0.3 is 18.4 Å². The van der Waals surface area contributed by atoms with Crippen LogP contribution in [0, 0.1) is 15.9 Å². The van der Waals surface area contributed by atoms with Gasteiger partial charge in [-0.15, -0.1) is 0 Å². The molecule has 0 bridgehead atoms. The lowest BCUT2D eigenvalue weighted by atomic mass is 9.72. The van der Waals surface area contributed by atoms with E-state index in [1.54, 1.807) is 14.0 Å². The van der Waals surface area contributed by atoms with E-state index in [9.17, 15) is 31.1 Å². The molecule has 1 saturated heterocycles. The van der Waals surface area contributed by atoms with Gasteiger partial charge in [-0.1, -0.05) is 13.8 Å². The number of alkyl halides is 6. The summed E-state index contributed by atoms with van der Waals surface area (Å²) < 4.78 is 93.0. The van der Waals surface area contributed by atoms with E-state index in [0.717, 1.165) is 38.7 Å². The van der Waals surface area contributed by atoms with E-state index in [4.69, 9.17) is 9.47 Å². The van der Waals surface area contributed by atoms with Crippen molar-refractivity contribution in [3.63, 3.8) is 0 Å². The molecule has 0 spiro atoms. The molecule has 0 saturated carbocycles. The number of hydrogen-bond donors (Lipinski definition) is 0. The molecule has 1 fully saturated rings. The molecule has 40 heavy (non-hydrogen) atoms. The van der Waals surface area contributed by atoms with Gasteiger partial charge < -0.3 is 9.47 Å². The summed E-state index contributed by atoms with van der Waals surface area (Å²) in [6.07, 6.45) is -9.82. The van der Waals surface area contributed by atoms with Crippen molar-refractivity contribution in [3.05, 3.63) is 67.3 Å². The number of carbonyl (C=O) groups is 1. The fourth-order valence-corrected chi connectivity index (χ4v) is 5.92. The number of hydrogen-bond acceptors (Lipinski definition) is 3. The smallest absolute Gasteiger partial charge is 0.416 e. The van der Waals surface area contributed by atoms with Crippen LogP contribution in [0.5, 0.6) is 5.75 Å². The van der Waals surface area contributed by atoms with Crippen LogP contribution in [-0.2, 0) is 17.1 Å². The minimum atomic E-state index is -5.00. The molecule has 1 aliphatic carbocycles. The zero-order valence-electron chi connectivity index (χ0n) is 22.7. The summed E-state index contributed by atoms with van der Waals surface area (Å²) in [6.45, 7) is 7.93. The van der Waals surface area contributed by atoms with Gasteiger partial charge in [0.2, 0.25) is 0 Å². The highest BCUT2D eigenvalue weighted by Gasteiger charge is 2.44. The maximum atomic E-state index is 13.5. The van der Waals surface area contributed by atoms with Gasteiger partial charge in [0.15, 0.2) is 0 Å². The molecular weight excluding hydrogens is 651 g/mol. The quantitative estimate of drug-likeness (QED) is 0.234. The van der Waals surface area contributed by atoms with E-state index in [0.29, 0.717) is 24.3 Å². The number of halogens is 7. The van der Waals surface area contributed by atoms with Crippen molar-refractivity contribution in [2.75, 3.05) is 13.7 Å². The second kappa shape index (κ2) is 10.8. The average Bonchev–Trinajstić information content (AvgIpc) is 3.12. The number of methoxy groups -OCH3 is 1. The van der Waals surface area contributed by atoms with Gasteiger partial charge in [-0.3, -0.25) is 4.90 Å². The molecular formula is C29H30F6INO3. The topological polar surface area (TPSA) is 38.8 Å². The molecule has 0 radical (unpaired) electrons. The second-order valence-corrected chi connectivity index (χ2v) is 12.4. The van der Waals surface area contributed by atoms with Crippen LogP contribution in [0.1, 0.15) is 74.0 Å². The number of allylic oxidation sites excluding steroid dienone is 1. The van der Waals surface area contributed by atoms with E-state index in [1.165, 1.54) is 4.90 Å². The summed E-state index contributed by atoms with van der Waals surface area (Å²) >= 11 is 2.25. The first-order valence-corrected chi connectivity index (χ1v) is 13.8. The molecule has 11 heteroatoms. The van der Waals surface area contributed by atoms with Gasteiger partial charge in [-0.05, 0) is 114 Å². The third kappa shape index (κ3) is 6.23. The molecule has 0 unspecified atom stereocenters. The maximum absolute atomic E-state index is 13.5. The van der Waals surface area contributed by atoms with Crippen molar-refractivity contribution >= 4 is 34.3 Å². The molecule has 2 aliphatic rings. The van der Waals surface area contributed by atoms with E-state index >= 15 is 0 Å². The molecule has 0 N–H and O–H groups in total. The Morgan fingerprint density at radius 1 is 1.05 bits per heavy atom. The van der Waals surface area contributed by atoms with Crippen molar-refractivity contribution in [2.24, 2.45) is 5.41 Å². The third-order valence-corrected chi connectivity index (χ3v) is 8.83. The fourth-order valence-electron chi connectivity index (χ4n) is 5.46. The Balaban J connectivity index is 1.74. The van der Waals surface area contributed by atoms with Crippen LogP contribution in [0.25, 0.3) is 5.57 Å². The zero-order chi connectivity index (χ0) is 29.8. The molecule has 1 heterocycles.